The molecule has 0 aliphatic rings. The van der Waals surface area contributed by atoms with Gasteiger partial charge in [-0.25, -0.2) is 14.1 Å². The molecular weight excluding hydrogens is 456 g/mol. The fraction of sp³-hybridized carbons (Fsp3) is 0.308. The third-order valence-corrected chi connectivity index (χ3v) is 5.69. The number of hydrogen-bond donors (Lipinski definition) is 0. The van der Waals surface area contributed by atoms with Gasteiger partial charge in [-0.1, -0.05) is 5.11 Å². The van der Waals surface area contributed by atoms with Crippen LogP contribution in [0.25, 0.3) is 0 Å². The van der Waals surface area contributed by atoms with Gasteiger partial charge in [0.2, 0.25) is 5.95 Å². The topological polar surface area (TPSA) is 94.5 Å². The second-order valence-corrected chi connectivity index (χ2v) is 8.18. The first-order valence-corrected chi connectivity index (χ1v) is 11.8. The first kappa shape index (κ1) is 24.8. The summed E-state index contributed by atoms with van der Waals surface area (Å²) in [5.74, 6) is 2.99. The molecule has 0 fully saturated rings. The van der Waals surface area contributed by atoms with Crippen molar-refractivity contribution in [1.29, 1.82) is 0 Å². The highest BCUT2D eigenvalue weighted by molar-refractivity contribution is 5.41. The lowest BCUT2D eigenvalue weighted by atomic mass is 10.2. The van der Waals surface area contributed by atoms with Crippen molar-refractivity contribution in [1.82, 2.24) is 14.1 Å². The van der Waals surface area contributed by atoms with Crippen molar-refractivity contribution in [2.45, 2.75) is 32.4 Å². The van der Waals surface area contributed by atoms with Crippen LogP contribution >= 0.6 is 0 Å². The molecule has 4 aromatic rings. The molecule has 10 nitrogen and oxygen atoms in total. The van der Waals surface area contributed by atoms with Gasteiger partial charge in [0.1, 0.15) is 17.2 Å². The van der Waals surface area contributed by atoms with E-state index in [0.29, 0.717) is 5.95 Å². The van der Waals surface area contributed by atoms with Gasteiger partial charge >= 0.3 is 5.95 Å². The van der Waals surface area contributed by atoms with Crippen LogP contribution in [0.3, 0.4) is 0 Å². The van der Waals surface area contributed by atoms with E-state index < -0.39 is 0 Å². The highest BCUT2D eigenvalue weighted by atomic mass is 16.5. The van der Waals surface area contributed by atoms with E-state index in [-0.39, 0.29) is 0 Å². The molecule has 2 heterocycles. The predicted molar refractivity (Wildman–Crippen MR) is 136 cm³/mol. The highest BCUT2D eigenvalue weighted by Gasteiger charge is 2.14. The Balaban J connectivity index is 1.26. The smallest absolute Gasteiger partial charge is 0.421 e. The molecule has 0 radical (unpaired) electrons. The first-order chi connectivity index (χ1) is 17.7. The van der Waals surface area contributed by atoms with E-state index in [1.807, 2.05) is 83.3 Å². The van der Waals surface area contributed by atoms with Crippen molar-refractivity contribution in [3.8, 4) is 11.5 Å². The molecule has 0 saturated heterocycles. The number of aryl methyl sites for hydroxylation is 3. The number of rotatable bonds is 12. The molecular formula is C26H31N8O2+. The number of ether oxygens (including phenoxy) is 2. The molecule has 0 amide bonds. The van der Waals surface area contributed by atoms with Crippen molar-refractivity contribution in [2.24, 2.45) is 27.5 Å². The molecule has 0 aliphatic carbocycles. The van der Waals surface area contributed by atoms with E-state index in [9.17, 15) is 0 Å². The number of nitrogens with zero attached hydrogens (tertiary/aromatic N) is 8. The molecule has 186 valence electrons. The molecule has 36 heavy (non-hydrogen) atoms. The van der Waals surface area contributed by atoms with Gasteiger partial charge in [-0.05, 0) is 67.8 Å². The fourth-order valence-electron chi connectivity index (χ4n) is 3.64. The summed E-state index contributed by atoms with van der Waals surface area (Å²) >= 11 is 0. The summed E-state index contributed by atoms with van der Waals surface area (Å²) in [6.07, 6.45) is 10.8. The Morgan fingerprint density at radius 3 is 1.92 bits per heavy atom. The van der Waals surface area contributed by atoms with Gasteiger partial charge < -0.3 is 14.0 Å². The Kier molecular flexibility index (Phi) is 8.53. The van der Waals surface area contributed by atoms with E-state index >= 15 is 0 Å². The predicted octanol–water partition coefficient (Wildman–Crippen LogP) is 6.23. The van der Waals surface area contributed by atoms with Crippen LogP contribution in [-0.2, 0) is 20.1 Å². The van der Waals surface area contributed by atoms with Gasteiger partial charge in [0.05, 0.1) is 45.9 Å². The molecule has 0 unspecified atom stereocenters. The number of imidazole rings is 2. The standard InChI is InChI=1S/C26H31N8O2/c1-32-19-20-34(26(32)31-29-22-9-13-24(36-3)14-10-22)17-6-4-5-16-33-18-15-27-25(33)30-28-21-7-11-23(35-2)12-8-21/h7-15,18-20H,4-6,16-17H2,1-3H3/q+1. The minimum Gasteiger partial charge on any atom is -0.497 e. The van der Waals surface area contributed by atoms with Gasteiger partial charge in [-0.15, -0.1) is 10.2 Å². The van der Waals surface area contributed by atoms with Crippen molar-refractivity contribution < 1.29 is 14.0 Å². The summed E-state index contributed by atoms with van der Waals surface area (Å²) in [5.41, 5.74) is 1.54. The maximum absolute atomic E-state index is 5.19. The lowest BCUT2D eigenvalue weighted by Gasteiger charge is -2.04. The summed E-state index contributed by atoms with van der Waals surface area (Å²) in [7, 11) is 5.26. The van der Waals surface area contributed by atoms with Crippen LogP contribution in [0.5, 0.6) is 11.5 Å². The zero-order valence-corrected chi connectivity index (χ0v) is 20.9. The quantitative estimate of drug-likeness (QED) is 0.135. The summed E-state index contributed by atoms with van der Waals surface area (Å²) in [4.78, 5) is 4.32. The Bertz CT molecular complexity index is 1290. The van der Waals surface area contributed by atoms with Crippen molar-refractivity contribution in [3.63, 3.8) is 0 Å². The van der Waals surface area contributed by atoms with Crippen LogP contribution in [0.1, 0.15) is 19.3 Å². The van der Waals surface area contributed by atoms with Gasteiger partial charge in [-0.2, -0.15) is 0 Å². The van der Waals surface area contributed by atoms with Crippen LogP contribution in [0, 0.1) is 0 Å². The second kappa shape index (κ2) is 12.4. The number of aromatic nitrogens is 4. The summed E-state index contributed by atoms with van der Waals surface area (Å²) in [6, 6.07) is 15.0. The highest BCUT2D eigenvalue weighted by Crippen LogP contribution is 2.22. The lowest BCUT2D eigenvalue weighted by molar-refractivity contribution is -0.657. The molecule has 2 aromatic heterocycles. The largest absolute Gasteiger partial charge is 0.497 e. The average molecular weight is 488 g/mol. The van der Waals surface area contributed by atoms with Gasteiger partial charge in [0.25, 0.3) is 0 Å². The molecule has 0 atom stereocenters. The van der Waals surface area contributed by atoms with Crippen molar-refractivity contribution in [3.05, 3.63) is 73.3 Å². The molecule has 0 saturated carbocycles. The van der Waals surface area contributed by atoms with E-state index in [1.54, 1.807) is 20.4 Å². The number of unbranched alkanes of at least 4 members (excludes halogenated alkanes) is 2. The zero-order chi connectivity index (χ0) is 25.2. The maximum atomic E-state index is 5.19. The number of hydrogen-bond acceptors (Lipinski definition) is 7. The van der Waals surface area contributed by atoms with Crippen LogP contribution in [0.2, 0.25) is 0 Å². The van der Waals surface area contributed by atoms with E-state index in [0.717, 1.165) is 61.2 Å². The van der Waals surface area contributed by atoms with E-state index in [4.69, 9.17) is 9.47 Å². The summed E-state index contributed by atoms with van der Waals surface area (Å²) in [6.45, 7) is 1.70. The number of methoxy groups -OCH3 is 2. The molecule has 0 aliphatic heterocycles. The normalized spacial score (nSPS) is 11.5. The minimum atomic E-state index is 0.601. The Hall–Kier alpha value is -4.34. The Morgan fingerprint density at radius 1 is 0.722 bits per heavy atom. The molecule has 4 rings (SSSR count). The van der Waals surface area contributed by atoms with E-state index in [1.165, 1.54) is 0 Å². The van der Waals surface area contributed by atoms with Gasteiger partial charge in [0, 0.05) is 24.1 Å². The fourth-order valence-corrected chi connectivity index (χ4v) is 3.64. The van der Waals surface area contributed by atoms with Crippen LogP contribution in [0.4, 0.5) is 23.3 Å². The molecule has 0 bridgehead atoms. The van der Waals surface area contributed by atoms with Crippen molar-refractivity contribution >= 4 is 23.3 Å². The molecule has 2 aromatic carbocycles. The lowest BCUT2D eigenvalue weighted by Crippen LogP contribution is -2.25. The summed E-state index contributed by atoms with van der Waals surface area (Å²) in [5, 5.41) is 17.4. The SMILES string of the molecule is COc1ccc(N=Nc2nccn2CCCCCn2cc[n+](C)c2N=Nc2ccc(OC)cc2)cc1. The van der Waals surface area contributed by atoms with E-state index in [2.05, 4.69) is 30.0 Å². The number of benzene rings is 2. The van der Waals surface area contributed by atoms with Crippen molar-refractivity contribution in [2.75, 3.05) is 14.2 Å². The average Bonchev–Trinajstić information content (AvgIpc) is 3.52. The van der Waals surface area contributed by atoms with Gasteiger partial charge in [0.15, 0.2) is 0 Å². The van der Waals surface area contributed by atoms with Crippen LogP contribution in [-0.4, -0.2) is 28.3 Å². The Morgan fingerprint density at radius 2 is 1.31 bits per heavy atom. The molecule has 0 spiro atoms. The maximum Gasteiger partial charge on any atom is 0.421 e. The molecule has 0 N–H and O–H groups in total. The minimum absolute atomic E-state index is 0.601. The summed E-state index contributed by atoms with van der Waals surface area (Å²) < 4.78 is 16.5. The van der Waals surface area contributed by atoms with Crippen LogP contribution < -0.4 is 14.0 Å². The van der Waals surface area contributed by atoms with Gasteiger partial charge in [-0.3, -0.25) is 0 Å². The second-order valence-electron chi connectivity index (χ2n) is 8.18. The zero-order valence-electron chi connectivity index (χ0n) is 20.9. The number of azo groups is 2. The first-order valence-electron chi connectivity index (χ1n) is 11.8. The monoisotopic (exact) mass is 487 g/mol. The van der Waals surface area contributed by atoms with Crippen LogP contribution in [0.15, 0.2) is 93.8 Å². The third-order valence-electron chi connectivity index (χ3n) is 5.69. The molecule has 10 heteroatoms. The third kappa shape index (κ3) is 6.62. The Labute approximate surface area is 210 Å².